The van der Waals surface area contributed by atoms with Crippen LogP contribution in [0.2, 0.25) is 0 Å². The maximum atomic E-state index is 11.0. The summed E-state index contributed by atoms with van der Waals surface area (Å²) in [4.78, 5) is 11.0. The van der Waals surface area contributed by atoms with E-state index in [0.717, 1.165) is 12.8 Å². The van der Waals surface area contributed by atoms with Gasteiger partial charge in [-0.25, -0.2) is 0 Å². The lowest BCUT2D eigenvalue weighted by Gasteiger charge is -2.27. The van der Waals surface area contributed by atoms with Crippen molar-refractivity contribution in [3.63, 3.8) is 0 Å². The monoisotopic (exact) mass is 202 g/mol. The van der Waals surface area contributed by atoms with E-state index in [1.807, 2.05) is 0 Å². The minimum atomic E-state index is -0.958. The van der Waals surface area contributed by atoms with Crippen LogP contribution in [0.1, 0.15) is 19.8 Å². The fourth-order valence-electron chi connectivity index (χ4n) is 1.35. The van der Waals surface area contributed by atoms with Gasteiger partial charge in [-0.05, 0) is 19.8 Å². The number of ether oxygens (including phenoxy) is 1. The van der Waals surface area contributed by atoms with Crippen molar-refractivity contribution in [1.29, 1.82) is 0 Å². The van der Waals surface area contributed by atoms with Crippen LogP contribution in [0.3, 0.4) is 0 Å². The molecule has 1 amide bonds. The van der Waals surface area contributed by atoms with Gasteiger partial charge in [-0.3, -0.25) is 4.79 Å². The third-order valence-electron chi connectivity index (χ3n) is 2.29. The smallest absolute Gasteiger partial charge is 0.248 e. The summed E-state index contributed by atoms with van der Waals surface area (Å²) in [6.07, 6.45) is 0.870. The molecule has 82 valence electrons. The molecule has 1 rings (SSSR count). The van der Waals surface area contributed by atoms with Crippen LogP contribution >= 0.6 is 0 Å². The maximum absolute atomic E-state index is 11.0. The number of nitrogens with two attached hydrogens (primary N) is 1. The van der Waals surface area contributed by atoms with Gasteiger partial charge in [0.25, 0.3) is 0 Å². The summed E-state index contributed by atoms with van der Waals surface area (Å²) in [6, 6.07) is 0.124. The zero-order valence-electron chi connectivity index (χ0n) is 8.40. The molecule has 0 bridgehead atoms. The molecule has 4 N–H and O–H groups in total. The summed E-state index contributed by atoms with van der Waals surface area (Å²) in [5.41, 5.74) is 5.65. The van der Waals surface area contributed by atoms with E-state index in [1.54, 1.807) is 0 Å². The third kappa shape index (κ3) is 3.61. The first-order chi connectivity index (χ1) is 6.59. The van der Waals surface area contributed by atoms with Gasteiger partial charge in [0.1, 0.15) is 6.10 Å². The standard InChI is InChI=1S/C9H18N2O3/c1-6(12)9(13)11-4-8-3-2-7(10)5-14-8/h6-8,12H,2-5,10H2,1H3,(H,11,13)/t6-,7+,8-/m0/s1. The lowest BCUT2D eigenvalue weighted by atomic mass is 10.1. The topological polar surface area (TPSA) is 84.6 Å². The number of hydrogen-bond acceptors (Lipinski definition) is 4. The van der Waals surface area contributed by atoms with E-state index in [0.29, 0.717) is 13.2 Å². The minimum Gasteiger partial charge on any atom is -0.384 e. The molecule has 0 unspecified atom stereocenters. The number of amides is 1. The summed E-state index contributed by atoms with van der Waals surface area (Å²) >= 11 is 0. The molecule has 0 saturated carbocycles. The lowest BCUT2D eigenvalue weighted by Crippen LogP contribution is -2.43. The molecule has 5 heteroatoms. The van der Waals surface area contributed by atoms with Gasteiger partial charge in [-0.1, -0.05) is 0 Å². The van der Waals surface area contributed by atoms with Crippen molar-refractivity contribution in [2.45, 2.75) is 38.0 Å². The highest BCUT2D eigenvalue weighted by Gasteiger charge is 2.19. The first-order valence-corrected chi connectivity index (χ1v) is 4.92. The molecule has 0 aromatic heterocycles. The number of carbonyl (C=O) groups excluding carboxylic acids is 1. The predicted molar refractivity (Wildman–Crippen MR) is 51.6 cm³/mol. The molecule has 1 saturated heterocycles. The van der Waals surface area contributed by atoms with Crippen LogP contribution in [-0.2, 0) is 9.53 Å². The van der Waals surface area contributed by atoms with Crippen LogP contribution in [-0.4, -0.2) is 42.4 Å². The number of hydrogen-bond donors (Lipinski definition) is 3. The van der Waals surface area contributed by atoms with Gasteiger partial charge in [0.15, 0.2) is 0 Å². The van der Waals surface area contributed by atoms with Crippen LogP contribution < -0.4 is 11.1 Å². The van der Waals surface area contributed by atoms with Crippen molar-refractivity contribution in [3.8, 4) is 0 Å². The van der Waals surface area contributed by atoms with Crippen LogP contribution in [0.5, 0.6) is 0 Å². The molecule has 1 fully saturated rings. The molecule has 0 radical (unpaired) electrons. The Bertz CT molecular complexity index is 188. The Kier molecular flexibility index (Phi) is 4.31. The van der Waals surface area contributed by atoms with Gasteiger partial charge < -0.3 is 20.9 Å². The number of aliphatic hydroxyl groups is 1. The molecular weight excluding hydrogens is 184 g/mol. The summed E-state index contributed by atoms with van der Waals surface area (Å²) in [5.74, 6) is -0.358. The molecule has 0 aromatic carbocycles. The zero-order valence-corrected chi connectivity index (χ0v) is 8.40. The van der Waals surface area contributed by atoms with Gasteiger partial charge in [0, 0.05) is 12.6 Å². The highest BCUT2D eigenvalue weighted by atomic mass is 16.5. The van der Waals surface area contributed by atoms with E-state index in [1.165, 1.54) is 6.92 Å². The molecule has 0 spiro atoms. The average Bonchev–Trinajstić information content (AvgIpc) is 2.16. The van der Waals surface area contributed by atoms with Crippen molar-refractivity contribution in [1.82, 2.24) is 5.32 Å². The van der Waals surface area contributed by atoms with E-state index in [2.05, 4.69) is 5.32 Å². The molecule has 3 atom stereocenters. The fourth-order valence-corrected chi connectivity index (χ4v) is 1.35. The van der Waals surface area contributed by atoms with Crippen molar-refractivity contribution in [3.05, 3.63) is 0 Å². The molecule has 14 heavy (non-hydrogen) atoms. The van der Waals surface area contributed by atoms with Crippen LogP contribution in [0, 0.1) is 0 Å². The lowest BCUT2D eigenvalue weighted by molar-refractivity contribution is -0.129. The zero-order chi connectivity index (χ0) is 10.6. The number of aliphatic hydroxyl groups excluding tert-OH is 1. The highest BCUT2D eigenvalue weighted by molar-refractivity contribution is 5.79. The van der Waals surface area contributed by atoms with Gasteiger partial charge in [0.05, 0.1) is 12.7 Å². The summed E-state index contributed by atoms with van der Waals surface area (Å²) < 4.78 is 5.40. The Morgan fingerprint density at radius 1 is 1.71 bits per heavy atom. The number of rotatable bonds is 3. The van der Waals surface area contributed by atoms with Crippen molar-refractivity contribution in [2.75, 3.05) is 13.2 Å². The molecule has 0 aromatic rings. The second-order valence-corrected chi connectivity index (χ2v) is 3.71. The molecule has 1 aliphatic rings. The van der Waals surface area contributed by atoms with E-state index in [9.17, 15) is 4.79 Å². The Morgan fingerprint density at radius 2 is 2.43 bits per heavy atom. The minimum absolute atomic E-state index is 0.0394. The van der Waals surface area contributed by atoms with Crippen molar-refractivity contribution >= 4 is 5.91 Å². The molecule has 1 aliphatic heterocycles. The third-order valence-corrected chi connectivity index (χ3v) is 2.29. The van der Waals surface area contributed by atoms with Crippen LogP contribution in [0.15, 0.2) is 0 Å². The molecular formula is C9H18N2O3. The van der Waals surface area contributed by atoms with E-state index >= 15 is 0 Å². The Labute approximate surface area is 83.6 Å². The van der Waals surface area contributed by atoms with Crippen molar-refractivity contribution in [2.24, 2.45) is 5.73 Å². The van der Waals surface area contributed by atoms with Crippen LogP contribution in [0.4, 0.5) is 0 Å². The maximum Gasteiger partial charge on any atom is 0.248 e. The van der Waals surface area contributed by atoms with E-state index in [-0.39, 0.29) is 18.1 Å². The Balaban J connectivity index is 2.16. The molecule has 5 nitrogen and oxygen atoms in total. The largest absolute Gasteiger partial charge is 0.384 e. The first kappa shape index (κ1) is 11.4. The van der Waals surface area contributed by atoms with Gasteiger partial charge in [-0.2, -0.15) is 0 Å². The molecule has 1 heterocycles. The quantitative estimate of drug-likeness (QED) is 0.547. The second kappa shape index (κ2) is 5.29. The van der Waals surface area contributed by atoms with Gasteiger partial charge in [0.2, 0.25) is 5.91 Å². The SMILES string of the molecule is C[C@H](O)C(=O)NC[C@@H]1CC[C@@H](N)CO1. The first-order valence-electron chi connectivity index (χ1n) is 4.92. The normalized spacial score (nSPS) is 29.6. The predicted octanol–water partition coefficient (Wildman–Crippen LogP) is -1.01. The fraction of sp³-hybridized carbons (Fsp3) is 0.889. The summed E-state index contributed by atoms with van der Waals surface area (Å²) in [5, 5.41) is 11.5. The Hall–Kier alpha value is -0.650. The van der Waals surface area contributed by atoms with Crippen molar-refractivity contribution < 1.29 is 14.6 Å². The summed E-state index contributed by atoms with van der Waals surface area (Å²) in [6.45, 7) is 2.44. The number of carbonyl (C=O) groups is 1. The average molecular weight is 202 g/mol. The Morgan fingerprint density at radius 3 is 2.93 bits per heavy atom. The van der Waals surface area contributed by atoms with Gasteiger partial charge in [-0.15, -0.1) is 0 Å². The van der Waals surface area contributed by atoms with Crippen LogP contribution in [0.25, 0.3) is 0 Å². The molecule has 0 aliphatic carbocycles. The van der Waals surface area contributed by atoms with E-state index < -0.39 is 6.10 Å². The van der Waals surface area contributed by atoms with Gasteiger partial charge >= 0.3 is 0 Å². The number of nitrogens with one attached hydrogen (secondary N) is 1. The van der Waals surface area contributed by atoms with E-state index in [4.69, 9.17) is 15.6 Å². The summed E-state index contributed by atoms with van der Waals surface area (Å²) in [7, 11) is 0. The second-order valence-electron chi connectivity index (χ2n) is 3.71. The highest BCUT2D eigenvalue weighted by Crippen LogP contribution is 2.11.